The van der Waals surface area contributed by atoms with Crippen LogP contribution in [0.4, 0.5) is 5.69 Å². The van der Waals surface area contributed by atoms with Crippen LogP contribution in [0.2, 0.25) is 0 Å². The van der Waals surface area contributed by atoms with Gasteiger partial charge in [0, 0.05) is 50.4 Å². The lowest BCUT2D eigenvalue weighted by Crippen LogP contribution is -2.42. The fourth-order valence-electron chi connectivity index (χ4n) is 3.80. The molecule has 1 aromatic heterocycles. The van der Waals surface area contributed by atoms with Crippen LogP contribution < -0.4 is 15.5 Å². The summed E-state index contributed by atoms with van der Waals surface area (Å²) in [6.07, 6.45) is 2.84. The van der Waals surface area contributed by atoms with E-state index in [0.29, 0.717) is 12.6 Å². The molecule has 0 fully saturated rings. The number of hydrogen-bond acceptors (Lipinski definition) is 4. The van der Waals surface area contributed by atoms with Crippen LogP contribution in [0, 0.1) is 0 Å². The molecule has 2 heterocycles. The van der Waals surface area contributed by atoms with E-state index < -0.39 is 0 Å². The van der Waals surface area contributed by atoms with Gasteiger partial charge in [-0.1, -0.05) is 37.2 Å². The highest BCUT2D eigenvalue weighted by Gasteiger charge is 2.24. The smallest absolute Gasteiger partial charge is 0.191 e. The van der Waals surface area contributed by atoms with Crippen LogP contribution in [-0.2, 0) is 25.8 Å². The second kappa shape index (κ2) is 8.93. The Balaban J connectivity index is 1.53. The zero-order valence-corrected chi connectivity index (χ0v) is 16.9. The van der Waals surface area contributed by atoms with Crippen LogP contribution in [0.15, 0.2) is 33.8 Å². The zero-order chi connectivity index (χ0) is 19.2. The molecular weight excluding hydrogens is 338 g/mol. The van der Waals surface area contributed by atoms with Crippen molar-refractivity contribution in [2.24, 2.45) is 4.99 Å². The summed E-state index contributed by atoms with van der Waals surface area (Å²) in [6, 6.07) is 9.23. The molecule has 6 nitrogen and oxygen atoms in total. The molecule has 0 amide bonds. The summed E-state index contributed by atoms with van der Waals surface area (Å²) < 4.78 is 5.44. The quantitative estimate of drug-likeness (QED) is 0.580. The Labute approximate surface area is 162 Å². The maximum Gasteiger partial charge on any atom is 0.191 e. The number of nitrogens with one attached hydrogen (secondary N) is 2. The molecule has 1 aliphatic heterocycles. The van der Waals surface area contributed by atoms with Crippen molar-refractivity contribution in [3.05, 3.63) is 46.8 Å². The minimum atomic E-state index is 0.537. The van der Waals surface area contributed by atoms with Crippen molar-refractivity contribution in [1.82, 2.24) is 15.8 Å². The highest BCUT2D eigenvalue weighted by Crippen LogP contribution is 2.31. The summed E-state index contributed by atoms with van der Waals surface area (Å²) in [7, 11) is 1.80. The van der Waals surface area contributed by atoms with Gasteiger partial charge in [-0.25, -0.2) is 0 Å². The fourth-order valence-corrected chi connectivity index (χ4v) is 3.80. The van der Waals surface area contributed by atoms with Gasteiger partial charge >= 0.3 is 0 Å². The Morgan fingerprint density at radius 2 is 2.07 bits per heavy atom. The van der Waals surface area contributed by atoms with E-state index in [0.717, 1.165) is 55.3 Å². The molecule has 1 atom stereocenters. The van der Waals surface area contributed by atoms with E-state index in [2.05, 4.69) is 70.7 Å². The normalized spacial score (nSPS) is 16.5. The van der Waals surface area contributed by atoms with Crippen molar-refractivity contribution < 1.29 is 4.52 Å². The first-order valence-corrected chi connectivity index (χ1v) is 9.93. The van der Waals surface area contributed by atoms with Gasteiger partial charge in [0.1, 0.15) is 5.76 Å². The van der Waals surface area contributed by atoms with Gasteiger partial charge in [0.25, 0.3) is 0 Å². The van der Waals surface area contributed by atoms with Gasteiger partial charge in [-0.15, -0.1) is 0 Å². The first kappa shape index (κ1) is 19.3. The van der Waals surface area contributed by atoms with Crippen LogP contribution in [0.3, 0.4) is 0 Å². The largest absolute Gasteiger partial charge is 0.367 e. The molecule has 27 heavy (non-hydrogen) atoms. The maximum atomic E-state index is 5.44. The first-order chi connectivity index (χ1) is 13.2. The second-order valence-electron chi connectivity index (χ2n) is 6.97. The average Bonchev–Trinajstić information content (AvgIpc) is 3.24. The lowest BCUT2D eigenvalue weighted by atomic mass is 10.1. The summed E-state index contributed by atoms with van der Waals surface area (Å²) in [5, 5.41) is 11.0. The molecule has 1 unspecified atom stereocenters. The SMILES string of the molecule is CCc1noc(CC)c1CNC(=NC)NCCN1c2ccccc2CC1C. The van der Waals surface area contributed by atoms with Gasteiger partial charge in [0.15, 0.2) is 5.96 Å². The van der Waals surface area contributed by atoms with Crippen LogP contribution >= 0.6 is 0 Å². The first-order valence-electron chi connectivity index (χ1n) is 9.93. The molecule has 3 rings (SSSR count). The Bertz CT molecular complexity index is 761. The number of rotatable bonds is 7. The third kappa shape index (κ3) is 4.26. The van der Waals surface area contributed by atoms with Gasteiger partial charge in [-0.3, -0.25) is 4.99 Å². The number of aliphatic imine (C=N–C) groups is 1. The Morgan fingerprint density at radius 1 is 1.26 bits per heavy atom. The van der Waals surface area contributed by atoms with Crippen molar-refractivity contribution in [3.8, 4) is 0 Å². The molecule has 0 bridgehead atoms. The lowest BCUT2D eigenvalue weighted by Gasteiger charge is -2.25. The van der Waals surface area contributed by atoms with Crippen molar-refractivity contribution in [3.63, 3.8) is 0 Å². The maximum absolute atomic E-state index is 5.44. The summed E-state index contributed by atoms with van der Waals surface area (Å²) in [4.78, 5) is 6.82. The van der Waals surface area contributed by atoms with Gasteiger partial charge in [-0.05, 0) is 31.4 Å². The molecular formula is C21H31N5O. The molecule has 1 aromatic carbocycles. The van der Waals surface area contributed by atoms with E-state index in [1.807, 2.05) is 0 Å². The van der Waals surface area contributed by atoms with Gasteiger partial charge in [0.05, 0.1) is 5.69 Å². The standard InChI is InChI=1S/C21H31N5O/c1-5-18-17(20(6-2)27-25-18)14-24-21(22-4)23-11-12-26-15(3)13-16-9-7-8-10-19(16)26/h7-10,15H,5-6,11-14H2,1-4H3,(H2,22,23,24). The summed E-state index contributed by atoms with van der Waals surface area (Å²) in [5.74, 6) is 1.76. The van der Waals surface area contributed by atoms with E-state index in [-0.39, 0.29) is 0 Å². The van der Waals surface area contributed by atoms with E-state index in [4.69, 9.17) is 4.52 Å². The van der Waals surface area contributed by atoms with Crippen LogP contribution in [-0.4, -0.2) is 37.3 Å². The Hall–Kier alpha value is -2.50. The van der Waals surface area contributed by atoms with Crippen molar-refractivity contribution in [2.45, 2.75) is 52.6 Å². The molecule has 0 radical (unpaired) electrons. The third-order valence-corrected chi connectivity index (χ3v) is 5.26. The number of para-hydroxylation sites is 1. The summed E-state index contributed by atoms with van der Waals surface area (Å²) in [5.41, 5.74) is 4.99. The Morgan fingerprint density at radius 3 is 2.81 bits per heavy atom. The van der Waals surface area contributed by atoms with E-state index in [1.54, 1.807) is 7.05 Å². The topological polar surface area (TPSA) is 65.7 Å². The minimum Gasteiger partial charge on any atom is -0.367 e. The van der Waals surface area contributed by atoms with Gasteiger partial charge < -0.3 is 20.1 Å². The molecule has 0 saturated carbocycles. The number of nitrogens with zero attached hydrogens (tertiary/aromatic N) is 3. The van der Waals surface area contributed by atoms with Crippen LogP contribution in [0.1, 0.15) is 43.4 Å². The monoisotopic (exact) mass is 369 g/mol. The molecule has 6 heteroatoms. The van der Waals surface area contributed by atoms with E-state index in [1.165, 1.54) is 11.3 Å². The number of hydrogen-bond donors (Lipinski definition) is 2. The predicted octanol–water partition coefficient (Wildman–Crippen LogP) is 2.92. The van der Waals surface area contributed by atoms with Crippen molar-refractivity contribution in [1.29, 1.82) is 0 Å². The number of anilines is 1. The lowest BCUT2D eigenvalue weighted by molar-refractivity contribution is 0.380. The van der Waals surface area contributed by atoms with E-state index >= 15 is 0 Å². The van der Waals surface area contributed by atoms with Crippen molar-refractivity contribution >= 4 is 11.6 Å². The summed E-state index contributed by atoms with van der Waals surface area (Å²) >= 11 is 0. The third-order valence-electron chi connectivity index (χ3n) is 5.26. The molecule has 2 aromatic rings. The highest BCUT2D eigenvalue weighted by molar-refractivity contribution is 5.79. The van der Waals surface area contributed by atoms with Crippen molar-refractivity contribution in [2.75, 3.05) is 25.0 Å². The molecule has 0 aliphatic carbocycles. The molecule has 0 saturated heterocycles. The molecule has 1 aliphatic rings. The van der Waals surface area contributed by atoms with Crippen LogP contribution in [0.5, 0.6) is 0 Å². The molecule has 146 valence electrons. The fraction of sp³-hybridized carbons (Fsp3) is 0.524. The average molecular weight is 370 g/mol. The number of benzene rings is 1. The Kier molecular flexibility index (Phi) is 6.37. The second-order valence-corrected chi connectivity index (χ2v) is 6.97. The van der Waals surface area contributed by atoms with E-state index in [9.17, 15) is 0 Å². The van der Waals surface area contributed by atoms with Crippen LogP contribution in [0.25, 0.3) is 0 Å². The van der Waals surface area contributed by atoms with Gasteiger partial charge in [-0.2, -0.15) is 0 Å². The predicted molar refractivity (Wildman–Crippen MR) is 110 cm³/mol. The zero-order valence-electron chi connectivity index (χ0n) is 16.9. The number of aromatic nitrogens is 1. The summed E-state index contributed by atoms with van der Waals surface area (Å²) in [6.45, 7) is 8.94. The number of aryl methyl sites for hydroxylation is 2. The number of guanidine groups is 1. The highest BCUT2D eigenvalue weighted by atomic mass is 16.5. The van der Waals surface area contributed by atoms with Gasteiger partial charge in [0.2, 0.25) is 0 Å². The molecule has 2 N–H and O–H groups in total. The minimum absolute atomic E-state index is 0.537. The molecule has 0 spiro atoms. The number of fused-ring (bicyclic) bond motifs is 1.